The minimum Gasteiger partial charge on any atom is -0.485 e. The van der Waals surface area contributed by atoms with Crippen molar-refractivity contribution >= 4 is 0 Å². The lowest BCUT2D eigenvalue weighted by Gasteiger charge is -2.42. The summed E-state index contributed by atoms with van der Waals surface area (Å²) in [6.45, 7) is 1.81. The van der Waals surface area contributed by atoms with Crippen LogP contribution in [0.1, 0.15) is 40.9 Å². The Morgan fingerprint density at radius 2 is 1.19 bits per heavy atom. The van der Waals surface area contributed by atoms with Crippen molar-refractivity contribution in [2.24, 2.45) is 0 Å². The number of rotatable bonds is 7. The van der Waals surface area contributed by atoms with E-state index in [0.717, 1.165) is 5.56 Å². The van der Waals surface area contributed by atoms with Gasteiger partial charge in [0.05, 0.1) is 24.9 Å². The Bertz CT molecular complexity index is 1260. The molecule has 2 aromatic carbocycles. The van der Waals surface area contributed by atoms with Crippen LogP contribution in [0, 0.1) is 13.8 Å². The summed E-state index contributed by atoms with van der Waals surface area (Å²) in [6.07, 6.45) is -17.5. The molecule has 3 aliphatic rings. The van der Waals surface area contributed by atoms with Crippen molar-refractivity contribution in [1.82, 2.24) is 0 Å². The van der Waals surface area contributed by atoms with Gasteiger partial charge < -0.3 is 69.6 Å². The van der Waals surface area contributed by atoms with Gasteiger partial charge in [-0.3, -0.25) is 0 Å². The van der Waals surface area contributed by atoms with Gasteiger partial charge in [0.2, 0.25) is 12.6 Å². The topological polar surface area (TPSA) is 228 Å². The molecule has 12 atom stereocenters. The number of hydrogen-bond acceptors (Lipinski definition) is 14. The van der Waals surface area contributed by atoms with Gasteiger partial charge in [0.1, 0.15) is 72.2 Å². The van der Waals surface area contributed by atoms with Crippen molar-refractivity contribution in [1.29, 1.82) is 0 Å². The van der Waals surface area contributed by atoms with Crippen molar-refractivity contribution in [2.75, 3.05) is 13.2 Å². The molecule has 5 rings (SSSR count). The normalized spacial score (nSPS) is 37.7. The Balaban J connectivity index is 1.58. The SMILES string of the molecule is Cc1c(OC2OC(CO)C(O)C(O)C2O)c(C)c(OC2OC(CO)C(O)C(O)C2O)c2c1OC(c1ccccc1)CC2O. The monoisotopic (exact) mass is 610 g/mol. The quantitative estimate of drug-likeness (QED) is 0.169. The molecule has 0 spiro atoms. The third-order valence-corrected chi connectivity index (χ3v) is 8.22. The second-order valence-electron chi connectivity index (χ2n) is 11.0. The molecule has 2 fully saturated rings. The maximum Gasteiger partial charge on any atom is 0.229 e. The lowest BCUT2D eigenvalue weighted by molar-refractivity contribution is -0.279. The zero-order chi connectivity index (χ0) is 31.2. The highest BCUT2D eigenvalue weighted by Crippen LogP contribution is 2.53. The summed E-state index contributed by atoms with van der Waals surface area (Å²) in [4.78, 5) is 0. The van der Waals surface area contributed by atoms with Gasteiger partial charge in [-0.1, -0.05) is 30.3 Å². The Labute approximate surface area is 246 Å². The van der Waals surface area contributed by atoms with Crippen molar-refractivity contribution in [3.8, 4) is 17.2 Å². The second-order valence-corrected chi connectivity index (χ2v) is 11.0. The van der Waals surface area contributed by atoms with Crippen molar-refractivity contribution in [3.05, 3.63) is 52.6 Å². The molecule has 43 heavy (non-hydrogen) atoms. The molecule has 3 aliphatic heterocycles. The van der Waals surface area contributed by atoms with Gasteiger partial charge in [-0.25, -0.2) is 0 Å². The maximum absolute atomic E-state index is 11.4. The Kier molecular flexibility index (Phi) is 9.46. The van der Waals surface area contributed by atoms with Gasteiger partial charge in [0.25, 0.3) is 0 Å². The first kappa shape index (κ1) is 31.8. The molecule has 238 valence electrons. The highest BCUT2D eigenvalue weighted by Gasteiger charge is 2.48. The first-order valence-corrected chi connectivity index (χ1v) is 14.0. The van der Waals surface area contributed by atoms with Crippen LogP contribution < -0.4 is 14.2 Å². The summed E-state index contributed by atoms with van der Waals surface area (Å²) < 4.78 is 29.5. The highest BCUT2D eigenvalue weighted by atomic mass is 16.7. The molecule has 0 radical (unpaired) electrons. The molecular formula is C29H38O14. The molecule has 2 saturated heterocycles. The van der Waals surface area contributed by atoms with E-state index in [1.54, 1.807) is 13.8 Å². The van der Waals surface area contributed by atoms with Gasteiger partial charge in [0, 0.05) is 17.5 Å². The van der Waals surface area contributed by atoms with Crippen molar-refractivity contribution in [3.63, 3.8) is 0 Å². The third-order valence-electron chi connectivity index (χ3n) is 8.22. The summed E-state index contributed by atoms with van der Waals surface area (Å²) in [5, 5.41) is 93.0. The Morgan fingerprint density at radius 1 is 0.674 bits per heavy atom. The van der Waals surface area contributed by atoms with E-state index in [4.69, 9.17) is 23.7 Å². The summed E-state index contributed by atoms with van der Waals surface area (Å²) in [6, 6.07) is 9.16. The van der Waals surface area contributed by atoms with Crippen molar-refractivity contribution in [2.45, 2.75) is 93.9 Å². The van der Waals surface area contributed by atoms with E-state index in [-0.39, 0.29) is 34.8 Å². The van der Waals surface area contributed by atoms with E-state index in [2.05, 4.69) is 0 Å². The van der Waals surface area contributed by atoms with E-state index >= 15 is 0 Å². The summed E-state index contributed by atoms with van der Waals surface area (Å²) in [5.74, 6) is 0.115. The first-order valence-electron chi connectivity index (χ1n) is 14.0. The van der Waals surface area contributed by atoms with Crippen LogP contribution in [0.3, 0.4) is 0 Å². The predicted molar refractivity (Wildman–Crippen MR) is 144 cm³/mol. The first-order chi connectivity index (χ1) is 20.5. The lowest BCUT2D eigenvalue weighted by Crippen LogP contribution is -2.60. The largest absolute Gasteiger partial charge is 0.485 e. The van der Waals surface area contributed by atoms with Gasteiger partial charge in [-0.15, -0.1) is 0 Å². The van der Waals surface area contributed by atoms with E-state index in [1.807, 2.05) is 30.3 Å². The molecule has 0 saturated carbocycles. The van der Waals surface area contributed by atoms with Crippen LogP contribution in [0.5, 0.6) is 17.2 Å². The minimum atomic E-state index is -1.76. The fourth-order valence-corrected chi connectivity index (χ4v) is 5.72. The molecule has 0 aromatic heterocycles. The molecule has 3 heterocycles. The van der Waals surface area contributed by atoms with E-state index in [0.29, 0.717) is 5.56 Å². The van der Waals surface area contributed by atoms with Gasteiger partial charge >= 0.3 is 0 Å². The minimum absolute atomic E-state index is 0.0311. The lowest BCUT2D eigenvalue weighted by atomic mass is 9.90. The molecule has 14 heteroatoms. The standard InChI is InChI=1S/C29H38O14/c1-11-25(42-28-23(37)21(35)19(33)16(9-30)40-28)12(2)27(43-29-24(38)22(36)20(34)17(10-31)41-29)18-14(32)8-15(39-26(11)18)13-6-4-3-5-7-13/h3-7,14-17,19-24,28-38H,8-10H2,1-2H3. The van der Waals surface area contributed by atoms with Crippen LogP contribution in [-0.4, -0.2) is 121 Å². The van der Waals surface area contributed by atoms with Gasteiger partial charge in [0.15, 0.2) is 0 Å². The maximum atomic E-state index is 11.4. The van der Waals surface area contributed by atoms with E-state index < -0.39 is 86.8 Å². The molecule has 0 aliphatic carbocycles. The van der Waals surface area contributed by atoms with Gasteiger partial charge in [-0.05, 0) is 19.4 Å². The zero-order valence-corrected chi connectivity index (χ0v) is 23.5. The number of fused-ring (bicyclic) bond motifs is 1. The van der Waals surface area contributed by atoms with E-state index in [1.165, 1.54) is 0 Å². The molecule has 2 aromatic rings. The molecule has 0 amide bonds. The molecule has 0 bridgehead atoms. The Morgan fingerprint density at radius 3 is 1.70 bits per heavy atom. The summed E-state index contributed by atoms with van der Waals surface area (Å²) in [5.41, 5.74) is 1.52. The number of ether oxygens (including phenoxy) is 5. The smallest absolute Gasteiger partial charge is 0.229 e. The number of hydrogen-bond donors (Lipinski definition) is 9. The highest BCUT2D eigenvalue weighted by molar-refractivity contribution is 5.63. The summed E-state index contributed by atoms with van der Waals surface area (Å²) in [7, 11) is 0. The molecule has 12 unspecified atom stereocenters. The van der Waals surface area contributed by atoms with Crippen LogP contribution in [0.25, 0.3) is 0 Å². The molecular weight excluding hydrogens is 572 g/mol. The second kappa shape index (κ2) is 12.8. The fraction of sp³-hybridized carbons (Fsp3) is 0.586. The predicted octanol–water partition coefficient (Wildman–Crippen LogP) is -1.78. The van der Waals surface area contributed by atoms with Crippen molar-refractivity contribution < 1.29 is 69.6 Å². The average Bonchev–Trinajstić information content (AvgIpc) is 3.01. The van der Waals surface area contributed by atoms with Crippen LogP contribution in [0.15, 0.2) is 30.3 Å². The summed E-state index contributed by atoms with van der Waals surface area (Å²) >= 11 is 0. The number of benzene rings is 2. The van der Waals surface area contributed by atoms with Gasteiger partial charge in [-0.2, -0.15) is 0 Å². The third kappa shape index (κ3) is 5.81. The van der Waals surface area contributed by atoms with Crippen LogP contribution in [0.2, 0.25) is 0 Å². The zero-order valence-electron chi connectivity index (χ0n) is 23.5. The number of aliphatic hydroxyl groups excluding tert-OH is 9. The number of aliphatic hydroxyl groups is 9. The molecule has 9 N–H and O–H groups in total. The van der Waals surface area contributed by atoms with Crippen LogP contribution in [0.4, 0.5) is 0 Å². The average molecular weight is 611 g/mol. The van der Waals surface area contributed by atoms with E-state index in [9.17, 15) is 46.0 Å². The van der Waals surface area contributed by atoms with Crippen LogP contribution >= 0.6 is 0 Å². The Hall–Kier alpha value is -2.60. The molecule has 14 nitrogen and oxygen atoms in total. The van der Waals surface area contributed by atoms with Crippen LogP contribution in [-0.2, 0) is 9.47 Å². The fourth-order valence-electron chi connectivity index (χ4n) is 5.72.